The molecule has 1 saturated carbocycles. The molecule has 4 aromatic rings. The number of Topliss-reactive ketones (excluding diaryl/α,β-unsaturated/α-hetero) is 1. The third-order valence-corrected chi connectivity index (χ3v) is 9.90. The van der Waals surface area contributed by atoms with Gasteiger partial charge in [-0.05, 0) is 85.5 Å². The SMILES string of the molecule is CC(=O)c1nn(CC(=O)N2C3[C@H](C)[C@]3(CN(C)C)C[C@H]2C(=O)Nc2nc(Br)ccc2C)c2c(C(F)(F)F)cc(-c3cnc(C)nc3)cc12. The monoisotopic (exact) mass is 726 g/mol. The van der Waals surface area contributed by atoms with Crippen LogP contribution in [0.5, 0.6) is 0 Å². The van der Waals surface area contributed by atoms with Crippen molar-refractivity contribution in [2.24, 2.45) is 11.3 Å². The van der Waals surface area contributed by atoms with Crippen LogP contribution in [0.15, 0.2) is 41.3 Å². The van der Waals surface area contributed by atoms with Gasteiger partial charge in [0.25, 0.3) is 0 Å². The molecule has 2 amide bonds. The standard InChI is InChI=1S/C33H34BrF3N8O3/c1-16-7-8-25(34)40-30(16)41-31(48)24-11-32(15-43(5)6)17(2)29(32)45(24)26(47)14-44-28-22(27(42-44)18(3)46)9-20(10-23(28)33(35,36)37)21-12-38-19(4)39-13-21/h7-10,12-13,17,24,29H,11,14-15H2,1-6H3,(H,40,41,48)/t17-,24-,29?,32+/m0/s1. The molecule has 4 atom stereocenters. The molecule has 15 heteroatoms. The average molecular weight is 728 g/mol. The molecule has 3 aromatic heterocycles. The molecule has 1 aliphatic heterocycles. The third kappa shape index (κ3) is 5.87. The Morgan fingerprint density at radius 2 is 1.79 bits per heavy atom. The van der Waals surface area contributed by atoms with E-state index in [4.69, 9.17) is 0 Å². The molecule has 6 rings (SSSR count). The summed E-state index contributed by atoms with van der Waals surface area (Å²) in [5.41, 5.74) is -0.831. The van der Waals surface area contributed by atoms with Gasteiger partial charge in [-0.1, -0.05) is 13.0 Å². The van der Waals surface area contributed by atoms with Crippen molar-refractivity contribution in [3.8, 4) is 11.1 Å². The normalized spacial score (nSPS) is 21.9. The summed E-state index contributed by atoms with van der Waals surface area (Å²) >= 11 is 3.32. The number of carbonyl (C=O) groups is 3. The van der Waals surface area contributed by atoms with Crippen molar-refractivity contribution < 1.29 is 27.6 Å². The molecule has 1 aromatic carbocycles. The fourth-order valence-corrected chi connectivity index (χ4v) is 7.56. The Labute approximate surface area is 283 Å². The van der Waals surface area contributed by atoms with Crippen LogP contribution in [0.25, 0.3) is 22.0 Å². The van der Waals surface area contributed by atoms with Crippen LogP contribution in [0, 0.1) is 25.2 Å². The number of hydrogen-bond acceptors (Lipinski definition) is 8. The number of halogens is 4. The fourth-order valence-electron chi connectivity index (χ4n) is 7.25. The number of ketones is 1. The Morgan fingerprint density at radius 3 is 2.42 bits per heavy atom. The molecule has 2 fully saturated rings. The number of fused-ring (bicyclic) bond motifs is 2. The van der Waals surface area contributed by atoms with Gasteiger partial charge in [0, 0.05) is 48.3 Å². The molecule has 2 aliphatic rings. The highest BCUT2D eigenvalue weighted by molar-refractivity contribution is 9.10. The van der Waals surface area contributed by atoms with Crippen LogP contribution in [-0.4, -0.2) is 84.9 Å². The number of carbonyl (C=O) groups excluding carboxylic acids is 3. The summed E-state index contributed by atoms with van der Waals surface area (Å²) < 4.78 is 45.6. The van der Waals surface area contributed by atoms with Gasteiger partial charge in [-0.15, -0.1) is 0 Å². The molecule has 1 N–H and O–H groups in total. The topological polar surface area (TPSA) is 126 Å². The van der Waals surface area contributed by atoms with E-state index in [1.54, 1.807) is 26.0 Å². The predicted molar refractivity (Wildman–Crippen MR) is 175 cm³/mol. The van der Waals surface area contributed by atoms with Crippen molar-refractivity contribution in [2.45, 2.75) is 58.9 Å². The minimum Gasteiger partial charge on any atom is -0.325 e. The number of piperidine rings is 1. The van der Waals surface area contributed by atoms with Crippen molar-refractivity contribution in [1.82, 2.24) is 34.5 Å². The van der Waals surface area contributed by atoms with Gasteiger partial charge in [0.1, 0.15) is 34.5 Å². The van der Waals surface area contributed by atoms with Gasteiger partial charge in [-0.3, -0.25) is 19.1 Å². The van der Waals surface area contributed by atoms with Crippen molar-refractivity contribution in [2.75, 3.05) is 26.0 Å². The van der Waals surface area contributed by atoms with E-state index in [-0.39, 0.29) is 34.0 Å². The number of aromatic nitrogens is 5. The predicted octanol–water partition coefficient (Wildman–Crippen LogP) is 5.29. The van der Waals surface area contributed by atoms with E-state index in [0.717, 1.165) is 16.3 Å². The van der Waals surface area contributed by atoms with E-state index in [1.165, 1.54) is 30.3 Å². The number of nitrogens with zero attached hydrogens (tertiary/aromatic N) is 7. The number of hydrogen-bond donors (Lipinski definition) is 1. The molecule has 11 nitrogen and oxygen atoms in total. The summed E-state index contributed by atoms with van der Waals surface area (Å²) in [6.45, 7) is 6.68. The summed E-state index contributed by atoms with van der Waals surface area (Å²) in [4.78, 5) is 56.9. The van der Waals surface area contributed by atoms with Crippen molar-refractivity contribution in [3.63, 3.8) is 0 Å². The van der Waals surface area contributed by atoms with Gasteiger partial charge in [-0.25, -0.2) is 15.0 Å². The largest absolute Gasteiger partial charge is 0.418 e. The maximum absolute atomic E-state index is 14.7. The van der Waals surface area contributed by atoms with E-state index in [1.807, 2.05) is 25.9 Å². The number of aryl methyl sites for hydroxylation is 2. The van der Waals surface area contributed by atoms with Crippen LogP contribution in [-0.2, 0) is 22.3 Å². The summed E-state index contributed by atoms with van der Waals surface area (Å²) in [5.74, 6) is -0.745. The molecule has 1 saturated heterocycles. The van der Waals surface area contributed by atoms with Gasteiger partial charge in [0.2, 0.25) is 11.8 Å². The summed E-state index contributed by atoms with van der Waals surface area (Å²) in [5, 5.41) is 7.08. The minimum atomic E-state index is -4.86. The van der Waals surface area contributed by atoms with Crippen LogP contribution in [0.3, 0.4) is 0 Å². The second-order valence-electron chi connectivity index (χ2n) is 13.0. The molecule has 0 spiro atoms. The average Bonchev–Trinajstić information content (AvgIpc) is 3.28. The van der Waals surface area contributed by atoms with Crippen LogP contribution < -0.4 is 5.32 Å². The number of benzene rings is 1. The molecule has 48 heavy (non-hydrogen) atoms. The summed E-state index contributed by atoms with van der Waals surface area (Å²) in [7, 11) is 3.83. The van der Waals surface area contributed by atoms with Crippen molar-refractivity contribution in [3.05, 3.63) is 63.9 Å². The fraction of sp³-hybridized carbons (Fsp3) is 0.424. The maximum atomic E-state index is 14.7. The Kier molecular flexibility index (Phi) is 8.43. The smallest absolute Gasteiger partial charge is 0.325 e. The van der Waals surface area contributed by atoms with Gasteiger partial charge in [0.15, 0.2) is 5.78 Å². The highest BCUT2D eigenvalue weighted by Crippen LogP contribution is 2.64. The molecule has 0 radical (unpaired) electrons. The molecule has 1 aliphatic carbocycles. The van der Waals surface area contributed by atoms with Crippen LogP contribution in [0.1, 0.15) is 47.7 Å². The number of amides is 2. The maximum Gasteiger partial charge on any atom is 0.418 e. The van der Waals surface area contributed by atoms with E-state index >= 15 is 0 Å². The zero-order chi connectivity index (χ0) is 34.9. The molecule has 4 heterocycles. The summed E-state index contributed by atoms with van der Waals surface area (Å²) in [6, 6.07) is 4.71. The van der Waals surface area contributed by atoms with Crippen molar-refractivity contribution >= 4 is 50.2 Å². The Hall–Kier alpha value is -4.24. The molecular weight excluding hydrogens is 693 g/mol. The van der Waals surface area contributed by atoms with E-state index in [0.29, 0.717) is 34.8 Å². The van der Waals surface area contributed by atoms with E-state index in [2.05, 4.69) is 41.3 Å². The molecule has 252 valence electrons. The van der Waals surface area contributed by atoms with Crippen LogP contribution >= 0.6 is 15.9 Å². The Bertz CT molecular complexity index is 1960. The first-order valence-corrected chi connectivity index (χ1v) is 16.1. The van der Waals surface area contributed by atoms with Gasteiger partial charge in [-0.2, -0.15) is 18.3 Å². The summed E-state index contributed by atoms with van der Waals surface area (Å²) in [6.07, 6.45) is -1.67. The van der Waals surface area contributed by atoms with Gasteiger partial charge >= 0.3 is 6.18 Å². The Morgan fingerprint density at radius 1 is 1.10 bits per heavy atom. The van der Waals surface area contributed by atoms with E-state index in [9.17, 15) is 27.6 Å². The first-order valence-electron chi connectivity index (χ1n) is 15.3. The second-order valence-corrected chi connectivity index (χ2v) is 13.8. The lowest BCUT2D eigenvalue weighted by atomic mass is 9.95. The van der Waals surface area contributed by atoms with E-state index < -0.39 is 47.4 Å². The quantitative estimate of drug-likeness (QED) is 0.192. The number of likely N-dealkylation sites (tertiary alicyclic amines) is 1. The Balaban J connectivity index is 1.42. The number of anilines is 1. The van der Waals surface area contributed by atoms with Gasteiger partial charge in [0.05, 0.1) is 11.1 Å². The minimum absolute atomic E-state index is 0.0469. The molecular formula is C33H34BrF3N8O3. The third-order valence-electron chi connectivity index (χ3n) is 9.46. The zero-order valence-electron chi connectivity index (χ0n) is 27.2. The first-order chi connectivity index (χ1) is 22.5. The van der Waals surface area contributed by atoms with Crippen molar-refractivity contribution in [1.29, 1.82) is 0 Å². The van der Waals surface area contributed by atoms with Gasteiger partial charge < -0.3 is 15.1 Å². The lowest BCUT2D eigenvalue weighted by Gasteiger charge is -2.28. The zero-order valence-corrected chi connectivity index (χ0v) is 28.8. The lowest BCUT2D eigenvalue weighted by Crippen LogP contribution is -2.47. The van der Waals surface area contributed by atoms with Crippen LogP contribution in [0.2, 0.25) is 0 Å². The lowest BCUT2D eigenvalue weighted by molar-refractivity contribution is -0.139. The molecule has 0 bridgehead atoms. The number of alkyl halides is 3. The molecule has 1 unspecified atom stereocenters. The second kappa shape index (κ2) is 12.0. The highest BCUT2D eigenvalue weighted by atomic mass is 79.9. The van der Waals surface area contributed by atoms with Crippen LogP contribution in [0.4, 0.5) is 19.0 Å². The first kappa shape index (κ1) is 33.7. The number of nitrogens with one attached hydrogen (secondary N) is 1. The highest BCUT2D eigenvalue weighted by Gasteiger charge is 2.72. The number of rotatable bonds is 8. The number of pyridine rings is 1.